The lowest BCUT2D eigenvalue weighted by Crippen LogP contribution is -2.19. The van der Waals surface area contributed by atoms with Gasteiger partial charge in [-0.25, -0.2) is 4.79 Å². The Morgan fingerprint density at radius 3 is 2.60 bits per heavy atom. The van der Waals surface area contributed by atoms with Crippen molar-refractivity contribution in [2.45, 2.75) is 26.1 Å². The van der Waals surface area contributed by atoms with E-state index in [1.807, 2.05) is 0 Å². The highest BCUT2D eigenvalue weighted by molar-refractivity contribution is 6.30. The molecule has 0 radical (unpaired) electrons. The summed E-state index contributed by atoms with van der Waals surface area (Å²) in [5.41, 5.74) is 0.559. The monoisotopic (exact) mass is 228 g/mol. The highest BCUT2D eigenvalue weighted by atomic mass is 35.5. The molecule has 0 aliphatic heterocycles. The number of aliphatic carboxylic acids is 1. The molecule has 0 spiro atoms. The Bertz CT molecular complexity index is 349. The third-order valence-electron chi connectivity index (χ3n) is 1.78. The van der Waals surface area contributed by atoms with Gasteiger partial charge < -0.3 is 9.84 Å². The minimum Gasteiger partial charge on any atom is -0.479 e. The van der Waals surface area contributed by atoms with Gasteiger partial charge >= 0.3 is 5.97 Å². The molecule has 0 aromatic heterocycles. The largest absolute Gasteiger partial charge is 0.479 e. The Morgan fingerprint density at radius 2 is 2.13 bits per heavy atom. The zero-order valence-corrected chi connectivity index (χ0v) is 9.36. The van der Waals surface area contributed by atoms with Crippen LogP contribution in [0.3, 0.4) is 0 Å². The Morgan fingerprint density at radius 1 is 1.47 bits per heavy atom. The van der Waals surface area contributed by atoms with Gasteiger partial charge in [-0.3, -0.25) is 0 Å². The molecule has 1 unspecified atom stereocenters. The fraction of sp³-hybridized carbons (Fsp3) is 0.364. The summed E-state index contributed by atoms with van der Waals surface area (Å²) in [6.07, 6.45) is -1.10. The average Bonchev–Trinajstić information content (AvgIpc) is 2.13. The van der Waals surface area contributed by atoms with E-state index in [9.17, 15) is 4.79 Å². The molecule has 1 aromatic carbocycles. The van der Waals surface area contributed by atoms with Crippen LogP contribution in [0.15, 0.2) is 24.3 Å². The number of halogens is 1. The van der Waals surface area contributed by atoms with Crippen molar-refractivity contribution in [3.05, 3.63) is 34.9 Å². The first kappa shape index (κ1) is 12.0. The van der Waals surface area contributed by atoms with Gasteiger partial charge in [0.25, 0.3) is 0 Å². The molecule has 1 N–H and O–H groups in total. The lowest BCUT2D eigenvalue weighted by atomic mass is 10.1. The Kier molecular flexibility index (Phi) is 4.12. The van der Waals surface area contributed by atoms with Crippen molar-refractivity contribution in [2.75, 3.05) is 0 Å². The van der Waals surface area contributed by atoms with E-state index in [4.69, 9.17) is 21.4 Å². The molecule has 82 valence electrons. The third kappa shape index (κ3) is 3.53. The summed E-state index contributed by atoms with van der Waals surface area (Å²) in [5.74, 6) is -1.01. The van der Waals surface area contributed by atoms with Crippen LogP contribution in [-0.2, 0) is 9.53 Å². The van der Waals surface area contributed by atoms with Gasteiger partial charge in [-0.05, 0) is 31.5 Å². The first-order valence-electron chi connectivity index (χ1n) is 4.64. The van der Waals surface area contributed by atoms with E-state index in [1.54, 1.807) is 38.1 Å². The van der Waals surface area contributed by atoms with Crippen LogP contribution in [0.5, 0.6) is 0 Å². The van der Waals surface area contributed by atoms with Crippen molar-refractivity contribution in [3.63, 3.8) is 0 Å². The third-order valence-corrected chi connectivity index (χ3v) is 2.02. The van der Waals surface area contributed by atoms with E-state index in [2.05, 4.69) is 0 Å². The first-order valence-corrected chi connectivity index (χ1v) is 5.02. The Labute approximate surface area is 93.6 Å². The second kappa shape index (κ2) is 5.14. The van der Waals surface area contributed by atoms with Gasteiger partial charge in [0, 0.05) is 5.02 Å². The van der Waals surface area contributed by atoms with Gasteiger partial charge in [-0.2, -0.15) is 0 Å². The van der Waals surface area contributed by atoms with Gasteiger partial charge in [0.1, 0.15) is 0 Å². The summed E-state index contributed by atoms with van der Waals surface area (Å²) in [6.45, 7) is 3.58. The van der Waals surface area contributed by atoms with Crippen LogP contribution in [0.25, 0.3) is 0 Å². The summed E-state index contributed by atoms with van der Waals surface area (Å²) in [7, 11) is 0. The predicted molar refractivity (Wildman–Crippen MR) is 58.0 cm³/mol. The Balaban J connectivity index is 2.94. The van der Waals surface area contributed by atoms with E-state index in [0.29, 0.717) is 10.6 Å². The van der Waals surface area contributed by atoms with Crippen LogP contribution in [0.4, 0.5) is 0 Å². The van der Waals surface area contributed by atoms with Gasteiger partial charge in [-0.1, -0.05) is 23.7 Å². The first-order chi connectivity index (χ1) is 7.00. The maximum atomic E-state index is 11.0. The quantitative estimate of drug-likeness (QED) is 0.862. The van der Waals surface area contributed by atoms with E-state index in [-0.39, 0.29) is 6.10 Å². The highest BCUT2D eigenvalue weighted by Gasteiger charge is 2.21. The molecule has 0 bridgehead atoms. The normalized spacial score (nSPS) is 12.8. The number of rotatable bonds is 4. The van der Waals surface area contributed by atoms with Crippen molar-refractivity contribution in [1.29, 1.82) is 0 Å². The van der Waals surface area contributed by atoms with Crippen LogP contribution in [0.1, 0.15) is 25.5 Å². The minimum absolute atomic E-state index is 0.148. The number of ether oxygens (including phenoxy) is 1. The van der Waals surface area contributed by atoms with Crippen LogP contribution < -0.4 is 0 Å². The standard InChI is InChI=1S/C11H13ClO3/c1-7(2)15-10(11(13)14)8-4-3-5-9(12)6-8/h3-7,10H,1-2H3,(H,13,14). The van der Waals surface area contributed by atoms with Crippen LogP contribution in [0, 0.1) is 0 Å². The highest BCUT2D eigenvalue weighted by Crippen LogP contribution is 2.22. The second-order valence-electron chi connectivity index (χ2n) is 3.46. The number of carboxylic acid groups (broad SMARTS) is 1. The van der Waals surface area contributed by atoms with Crippen LogP contribution >= 0.6 is 11.6 Å². The van der Waals surface area contributed by atoms with Crippen molar-refractivity contribution in [2.24, 2.45) is 0 Å². The fourth-order valence-corrected chi connectivity index (χ4v) is 1.42. The van der Waals surface area contributed by atoms with Gasteiger partial charge in [-0.15, -0.1) is 0 Å². The lowest BCUT2D eigenvalue weighted by Gasteiger charge is -2.16. The number of hydrogen-bond acceptors (Lipinski definition) is 2. The summed E-state index contributed by atoms with van der Waals surface area (Å²) in [5, 5.41) is 9.50. The van der Waals surface area contributed by atoms with Crippen molar-refractivity contribution in [1.82, 2.24) is 0 Å². The van der Waals surface area contributed by atoms with Crippen LogP contribution in [0.2, 0.25) is 5.02 Å². The maximum absolute atomic E-state index is 11.0. The topological polar surface area (TPSA) is 46.5 Å². The van der Waals surface area contributed by atoms with E-state index >= 15 is 0 Å². The fourth-order valence-electron chi connectivity index (χ4n) is 1.22. The minimum atomic E-state index is -1.01. The molecular formula is C11H13ClO3. The summed E-state index contributed by atoms with van der Waals surface area (Å²) in [4.78, 5) is 11.0. The van der Waals surface area contributed by atoms with E-state index in [1.165, 1.54) is 0 Å². The molecule has 0 aliphatic rings. The van der Waals surface area contributed by atoms with E-state index in [0.717, 1.165) is 0 Å². The number of hydrogen-bond donors (Lipinski definition) is 1. The number of carbonyl (C=O) groups is 1. The van der Waals surface area contributed by atoms with Gasteiger partial charge in [0.05, 0.1) is 6.10 Å². The second-order valence-corrected chi connectivity index (χ2v) is 3.89. The molecule has 0 aliphatic carbocycles. The van der Waals surface area contributed by atoms with E-state index < -0.39 is 12.1 Å². The smallest absolute Gasteiger partial charge is 0.337 e. The zero-order chi connectivity index (χ0) is 11.4. The van der Waals surface area contributed by atoms with Crippen LogP contribution in [-0.4, -0.2) is 17.2 Å². The molecule has 4 heteroatoms. The molecule has 15 heavy (non-hydrogen) atoms. The maximum Gasteiger partial charge on any atom is 0.337 e. The zero-order valence-electron chi connectivity index (χ0n) is 8.61. The van der Waals surface area contributed by atoms with Crippen molar-refractivity contribution in [3.8, 4) is 0 Å². The van der Waals surface area contributed by atoms with Crippen molar-refractivity contribution < 1.29 is 14.6 Å². The summed E-state index contributed by atoms with van der Waals surface area (Å²) < 4.78 is 5.29. The SMILES string of the molecule is CC(C)OC(C(=O)O)c1cccc(Cl)c1. The number of carboxylic acids is 1. The van der Waals surface area contributed by atoms with Crippen molar-refractivity contribution >= 4 is 17.6 Å². The predicted octanol–water partition coefficient (Wildman–Crippen LogP) is 2.89. The van der Waals surface area contributed by atoms with Gasteiger partial charge in [0.15, 0.2) is 6.10 Å². The molecule has 0 fully saturated rings. The molecule has 0 saturated heterocycles. The average molecular weight is 229 g/mol. The lowest BCUT2D eigenvalue weighted by molar-refractivity contribution is -0.153. The molecule has 1 aromatic rings. The molecule has 1 rings (SSSR count). The Hall–Kier alpha value is -1.06. The molecule has 0 saturated carbocycles. The molecule has 3 nitrogen and oxygen atoms in total. The summed E-state index contributed by atoms with van der Waals surface area (Å²) in [6, 6.07) is 6.69. The number of benzene rings is 1. The molecule has 0 amide bonds. The van der Waals surface area contributed by atoms with Gasteiger partial charge in [0.2, 0.25) is 0 Å². The molecule has 0 heterocycles. The molecule has 1 atom stereocenters. The molecular weight excluding hydrogens is 216 g/mol. The summed E-state index contributed by atoms with van der Waals surface area (Å²) >= 11 is 5.78.